The summed E-state index contributed by atoms with van der Waals surface area (Å²) in [6.45, 7) is 2.33. The molecule has 0 spiro atoms. The minimum Gasteiger partial charge on any atom is -0.489 e. The first kappa shape index (κ1) is 22.4. The lowest BCUT2D eigenvalue weighted by molar-refractivity contribution is -0.389. The van der Waals surface area contributed by atoms with E-state index in [9.17, 15) is 23.3 Å². The van der Waals surface area contributed by atoms with Crippen LogP contribution in [0.3, 0.4) is 0 Å². The molecule has 180 valence electrons. The zero-order chi connectivity index (χ0) is 24.8. The van der Waals surface area contributed by atoms with Crippen LogP contribution in [0, 0.1) is 10.1 Å². The molecule has 0 saturated heterocycles. The molecule has 0 N–H and O–H groups in total. The summed E-state index contributed by atoms with van der Waals surface area (Å²) >= 11 is 0. The van der Waals surface area contributed by atoms with Gasteiger partial charge >= 0.3 is 18.0 Å². The Bertz CT molecular complexity index is 1370. The van der Waals surface area contributed by atoms with E-state index in [4.69, 9.17) is 9.47 Å². The summed E-state index contributed by atoms with van der Waals surface area (Å²) in [5.74, 6) is 0.273. The number of rotatable bonds is 6. The van der Waals surface area contributed by atoms with Crippen LogP contribution in [0.4, 0.5) is 19.0 Å². The summed E-state index contributed by atoms with van der Waals surface area (Å²) in [5, 5.41) is 18.8. The van der Waals surface area contributed by atoms with Crippen molar-refractivity contribution < 1.29 is 27.6 Å². The Hall–Kier alpha value is -4.42. The van der Waals surface area contributed by atoms with E-state index in [1.807, 2.05) is 6.92 Å². The molecular formula is C22H17F3N6O4. The van der Waals surface area contributed by atoms with Gasteiger partial charge < -0.3 is 19.6 Å². The molecule has 3 heterocycles. The fourth-order valence-corrected chi connectivity index (χ4v) is 3.66. The van der Waals surface area contributed by atoms with Crippen LogP contribution in [-0.2, 0) is 12.7 Å². The molecule has 0 bridgehead atoms. The fourth-order valence-electron chi connectivity index (χ4n) is 3.66. The lowest BCUT2D eigenvalue weighted by Crippen LogP contribution is -2.38. The molecule has 10 nitrogen and oxygen atoms in total. The van der Waals surface area contributed by atoms with E-state index in [-0.39, 0.29) is 18.4 Å². The van der Waals surface area contributed by atoms with Gasteiger partial charge in [-0.1, -0.05) is 17.3 Å². The Balaban J connectivity index is 1.23. The van der Waals surface area contributed by atoms with Crippen molar-refractivity contribution in [3.63, 3.8) is 0 Å². The third kappa shape index (κ3) is 4.52. The maximum Gasteiger partial charge on any atom is 0.416 e. The molecule has 13 heteroatoms. The van der Waals surface area contributed by atoms with Crippen molar-refractivity contribution in [2.75, 3.05) is 6.61 Å². The molecule has 2 aromatic carbocycles. The Morgan fingerprint density at radius 1 is 1.20 bits per heavy atom. The van der Waals surface area contributed by atoms with Crippen LogP contribution >= 0.6 is 0 Å². The molecule has 0 unspecified atom stereocenters. The van der Waals surface area contributed by atoms with Crippen molar-refractivity contribution >= 4 is 5.82 Å². The molecule has 0 fully saturated rings. The van der Waals surface area contributed by atoms with E-state index in [1.165, 1.54) is 23.0 Å². The number of benzene rings is 2. The van der Waals surface area contributed by atoms with Gasteiger partial charge in [0.2, 0.25) is 0 Å². The third-order valence-electron chi connectivity index (χ3n) is 5.38. The van der Waals surface area contributed by atoms with E-state index >= 15 is 0 Å². The minimum atomic E-state index is -4.44. The largest absolute Gasteiger partial charge is 0.489 e. The number of hydrogen-bond acceptors (Lipinski definition) is 7. The predicted molar refractivity (Wildman–Crippen MR) is 115 cm³/mol. The monoisotopic (exact) mass is 486 g/mol. The number of halogens is 3. The Kier molecular flexibility index (Phi) is 5.19. The van der Waals surface area contributed by atoms with Crippen LogP contribution in [0.25, 0.3) is 16.9 Å². The molecular weight excluding hydrogens is 469 g/mol. The summed E-state index contributed by atoms with van der Waals surface area (Å²) in [6.07, 6.45) is -1.58. The van der Waals surface area contributed by atoms with Gasteiger partial charge in [0.25, 0.3) is 0 Å². The molecule has 0 amide bonds. The second-order valence-electron chi connectivity index (χ2n) is 8.23. The number of ether oxygens (including phenoxy) is 2. The maximum atomic E-state index is 13.0. The molecule has 1 aliphatic rings. The van der Waals surface area contributed by atoms with E-state index in [1.54, 1.807) is 35.0 Å². The lowest BCUT2D eigenvalue weighted by atomic mass is 10.1. The highest BCUT2D eigenvalue weighted by atomic mass is 19.4. The van der Waals surface area contributed by atoms with Gasteiger partial charge in [-0.25, -0.2) is 4.68 Å². The average molecular weight is 486 g/mol. The molecule has 5 rings (SSSR count). The minimum absolute atomic E-state index is 0.168. The quantitative estimate of drug-likeness (QED) is 0.295. The van der Waals surface area contributed by atoms with Gasteiger partial charge in [0.1, 0.15) is 24.2 Å². The predicted octanol–water partition coefficient (Wildman–Crippen LogP) is 4.29. The van der Waals surface area contributed by atoms with Crippen LogP contribution in [0.15, 0.2) is 60.9 Å². The van der Waals surface area contributed by atoms with Crippen LogP contribution in [0.5, 0.6) is 11.8 Å². The van der Waals surface area contributed by atoms with Crippen molar-refractivity contribution in [2.45, 2.75) is 25.2 Å². The van der Waals surface area contributed by atoms with Crippen molar-refractivity contribution in [3.8, 4) is 28.7 Å². The zero-order valence-corrected chi connectivity index (χ0v) is 18.1. The molecule has 0 saturated carbocycles. The van der Waals surface area contributed by atoms with Crippen LogP contribution in [-0.4, -0.2) is 41.7 Å². The number of nitrogens with zero attached hydrogens (tertiary/aromatic N) is 6. The topological polar surface area (TPSA) is 110 Å². The van der Waals surface area contributed by atoms with E-state index < -0.39 is 22.3 Å². The Labute approximate surface area is 195 Å². The number of hydrogen-bond donors (Lipinski definition) is 0. The molecule has 1 atom stereocenters. The lowest BCUT2D eigenvalue weighted by Gasteiger charge is -2.22. The van der Waals surface area contributed by atoms with Gasteiger partial charge in [-0.15, -0.1) is 5.10 Å². The summed E-state index contributed by atoms with van der Waals surface area (Å²) in [4.78, 5) is 14.1. The first-order chi connectivity index (χ1) is 16.6. The fraction of sp³-hybridized carbons (Fsp3) is 0.227. The highest BCUT2D eigenvalue weighted by Crippen LogP contribution is 2.33. The third-order valence-corrected chi connectivity index (χ3v) is 5.38. The standard InChI is InChI=1S/C22H17F3N6O4/c1-21(12-29-11-19(31(32)33)26-20(29)35-21)13-34-17-7-5-16(6-8-17)30-10-18(27-28-30)14-3-2-4-15(9-14)22(23,24)25/h2-11H,12-13H2,1H3/t21-/m1/s1. The van der Waals surface area contributed by atoms with Gasteiger partial charge in [0.05, 0.1) is 24.0 Å². The van der Waals surface area contributed by atoms with Gasteiger partial charge in [-0.2, -0.15) is 13.2 Å². The smallest absolute Gasteiger partial charge is 0.416 e. The summed E-state index contributed by atoms with van der Waals surface area (Å²) in [7, 11) is 0. The van der Waals surface area contributed by atoms with Crippen molar-refractivity contribution in [3.05, 3.63) is 76.6 Å². The van der Waals surface area contributed by atoms with Gasteiger partial charge in [0, 0.05) is 10.5 Å². The van der Waals surface area contributed by atoms with Crippen LogP contribution < -0.4 is 9.47 Å². The molecule has 4 aromatic rings. The summed E-state index contributed by atoms with van der Waals surface area (Å²) in [5.41, 5.74) is -0.254. The molecule has 2 aromatic heterocycles. The first-order valence-corrected chi connectivity index (χ1v) is 10.3. The molecule has 0 aliphatic carbocycles. The molecule has 35 heavy (non-hydrogen) atoms. The van der Waals surface area contributed by atoms with Gasteiger partial charge in [-0.3, -0.25) is 4.57 Å². The average Bonchev–Trinajstić information content (AvgIpc) is 3.52. The van der Waals surface area contributed by atoms with Gasteiger partial charge in [0.15, 0.2) is 5.60 Å². The van der Waals surface area contributed by atoms with Crippen molar-refractivity contribution in [1.82, 2.24) is 24.5 Å². The summed E-state index contributed by atoms with van der Waals surface area (Å²) in [6, 6.07) is 11.9. The Morgan fingerprint density at radius 3 is 2.66 bits per heavy atom. The summed E-state index contributed by atoms with van der Waals surface area (Å²) < 4.78 is 53.5. The van der Waals surface area contributed by atoms with Gasteiger partial charge in [-0.05, 0) is 48.2 Å². The second-order valence-corrected chi connectivity index (χ2v) is 8.23. The number of fused-ring (bicyclic) bond motifs is 1. The number of alkyl halides is 3. The van der Waals surface area contributed by atoms with E-state index in [2.05, 4.69) is 15.3 Å². The first-order valence-electron chi connectivity index (χ1n) is 10.3. The van der Waals surface area contributed by atoms with Crippen molar-refractivity contribution in [1.29, 1.82) is 0 Å². The SMILES string of the molecule is C[C@]1(COc2ccc(-n3cc(-c4cccc(C(F)(F)F)c4)nn3)cc2)Cn2cc([N+](=O)[O-])nc2O1. The number of aromatic nitrogens is 5. The molecule has 1 aliphatic heterocycles. The molecule has 0 radical (unpaired) electrons. The highest BCUT2D eigenvalue weighted by Gasteiger charge is 2.41. The van der Waals surface area contributed by atoms with Crippen molar-refractivity contribution in [2.24, 2.45) is 0 Å². The van der Waals surface area contributed by atoms with Crippen LogP contribution in [0.1, 0.15) is 12.5 Å². The van der Waals surface area contributed by atoms with Crippen LogP contribution in [0.2, 0.25) is 0 Å². The van der Waals surface area contributed by atoms with E-state index in [0.29, 0.717) is 29.2 Å². The van der Waals surface area contributed by atoms with E-state index in [0.717, 1.165) is 12.1 Å². The Morgan fingerprint density at radius 2 is 1.97 bits per heavy atom. The highest BCUT2D eigenvalue weighted by molar-refractivity contribution is 5.59. The number of imidazole rings is 1. The maximum absolute atomic E-state index is 13.0. The normalized spacial score (nSPS) is 17.1. The zero-order valence-electron chi connectivity index (χ0n) is 18.1. The number of nitro groups is 1. The second kappa shape index (κ2) is 8.11.